The van der Waals surface area contributed by atoms with Crippen molar-refractivity contribution in [2.45, 2.75) is 19.1 Å². The van der Waals surface area contributed by atoms with E-state index in [1.165, 1.54) is 12.1 Å². The number of phenols is 1. The van der Waals surface area contributed by atoms with Crippen molar-refractivity contribution in [2.24, 2.45) is 5.92 Å². The van der Waals surface area contributed by atoms with Gasteiger partial charge in [-0.3, -0.25) is 0 Å². The van der Waals surface area contributed by atoms with Crippen LogP contribution < -0.4 is 0 Å². The number of hydrogen-bond donors (Lipinski definition) is 1. The van der Waals surface area contributed by atoms with Crippen molar-refractivity contribution < 1.29 is 27.8 Å². The van der Waals surface area contributed by atoms with Crippen LogP contribution in [-0.2, 0) is 9.47 Å². The van der Waals surface area contributed by atoms with Crippen molar-refractivity contribution in [1.82, 2.24) is 0 Å². The summed E-state index contributed by atoms with van der Waals surface area (Å²) >= 11 is 0. The minimum Gasteiger partial charge on any atom is -0.505 e. The third-order valence-corrected chi connectivity index (χ3v) is 5.59. The zero-order chi connectivity index (χ0) is 22.7. The molecule has 3 aromatic rings. The first kappa shape index (κ1) is 22.1. The normalized spacial score (nSPS) is 18.5. The molecule has 6 heteroatoms. The molecule has 0 unspecified atom stereocenters. The second kappa shape index (κ2) is 9.59. The van der Waals surface area contributed by atoms with Crippen molar-refractivity contribution in [3.05, 3.63) is 90.3 Å². The fourth-order valence-corrected chi connectivity index (χ4v) is 3.75. The predicted molar refractivity (Wildman–Crippen MR) is 116 cm³/mol. The summed E-state index contributed by atoms with van der Waals surface area (Å²) in [6, 6.07) is 13.9. The highest BCUT2D eigenvalue weighted by molar-refractivity contribution is 5.71. The summed E-state index contributed by atoms with van der Waals surface area (Å²) in [5.41, 5.74) is 2.17. The van der Waals surface area contributed by atoms with Crippen molar-refractivity contribution in [3.63, 3.8) is 0 Å². The molecule has 1 aliphatic heterocycles. The molecule has 0 atom stereocenters. The Hall–Kier alpha value is -3.09. The van der Waals surface area contributed by atoms with Crippen LogP contribution in [0.2, 0.25) is 0 Å². The molecule has 0 bridgehead atoms. The number of aromatic hydroxyl groups is 1. The van der Waals surface area contributed by atoms with Gasteiger partial charge in [0.2, 0.25) is 5.82 Å². The van der Waals surface area contributed by atoms with E-state index < -0.39 is 29.5 Å². The van der Waals surface area contributed by atoms with Gasteiger partial charge in [-0.05, 0) is 47.7 Å². The minimum absolute atomic E-state index is 0.0337. The first-order valence-electron chi connectivity index (χ1n) is 10.4. The molecule has 3 nitrogen and oxygen atoms in total. The van der Waals surface area contributed by atoms with Gasteiger partial charge in [0.25, 0.3) is 0 Å². The van der Waals surface area contributed by atoms with Crippen molar-refractivity contribution in [1.29, 1.82) is 0 Å². The number of ether oxygens (including phenoxy) is 2. The molecule has 3 aromatic carbocycles. The SMILES string of the molecule is C=CCCC1COC(c2ccc(-c3ccc(-c4ccc(O)c(F)c4F)cc3)cc2F)OC1. The summed E-state index contributed by atoms with van der Waals surface area (Å²) in [5, 5.41) is 9.28. The van der Waals surface area contributed by atoms with Gasteiger partial charge in [-0.25, -0.2) is 8.78 Å². The molecule has 0 radical (unpaired) electrons. The molecule has 0 amide bonds. The fourth-order valence-electron chi connectivity index (χ4n) is 3.75. The second-order valence-electron chi connectivity index (χ2n) is 7.80. The van der Waals surface area contributed by atoms with E-state index in [2.05, 4.69) is 6.58 Å². The molecule has 0 aromatic heterocycles. The molecule has 1 saturated heterocycles. The lowest BCUT2D eigenvalue weighted by atomic mass is 9.98. The topological polar surface area (TPSA) is 38.7 Å². The van der Waals surface area contributed by atoms with Crippen LogP contribution in [0.25, 0.3) is 22.3 Å². The molecule has 1 fully saturated rings. The minimum atomic E-state index is -1.29. The van der Waals surface area contributed by atoms with Crippen LogP contribution in [0.4, 0.5) is 13.2 Å². The highest BCUT2D eigenvalue weighted by Gasteiger charge is 2.25. The Kier molecular flexibility index (Phi) is 6.63. The molecule has 0 spiro atoms. The van der Waals surface area contributed by atoms with Gasteiger partial charge in [0.15, 0.2) is 17.9 Å². The summed E-state index contributed by atoms with van der Waals surface area (Å²) in [7, 11) is 0. The van der Waals surface area contributed by atoms with Gasteiger partial charge in [0.05, 0.1) is 13.2 Å². The molecule has 32 heavy (non-hydrogen) atoms. The number of benzene rings is 3. The van der Waals surface area contributed by atoms with E-state index in [1.54, 1.807) is 36.4 Å². The summed E-state index contributed by atoms with van der Waals surface area (Å²) < 4.78 is 54.0. The molecule has 166 valence electrons. The van der Waals surface area contributed by atoms with Crippen molar-refractivity contribution >= 4 is 0 Å². The maximum Gasteiger partial charge on any atom is 0.200 e. The van der Waals surface area contributed by atoms with Crippen LogP contribution in [0.5, 0.6) is 5.75 Å². The molecule has 1 aliphatic rings. The van der Waals surface area contributed by atoms with E-state index in [0.29, 0.717) is 35.5 Å². The van der Waals surface area contributed by atoms with Gasteiger partial charge in [-0.1, -0.05) is 42.5 Å². The standard InChI is InChI=1S/C26H23F3O3/c1-2-3-4-16-14-31-26(32-15-16)21-10-9-19(13-22(21)27)17-5-7-18(8-6-17)20-11-12-23(30)25(29)24(20)28/h2,5-13,16,26,30H,1,3-4,14-15H2. The van der Waals surface area contributed by atoms with Crippen LogP contribution in [0.1, 0.15) is 24.7 Å². The van der Waals surface area contributed by atoms with E-state index in [4.69, 9.17) is 9.47 Å². The maximum absolute atomic E-state index is 14.8. The van der Waals surface area contributed by atoms with Crippen LogP contribution in [-0.4, -0.2) is 18.3 Å². The van der Waals surface area contributed by atoms with E-state index in [-0.39, 0.29) is 11.5 Å². The van der Waals surface area contributed by atoms with Gasteiger partial charge >= 0.3 is 0 Å². The quantitative estimate of drug-likeness (QED) is 0.430. The summed E-state index contributed by atoms with van der Waals surface area (Å²) in [6.07, 6.45) is 2.93. The summed E-state index contributed by atoms with van der Waals surface area (Å²) in [6.45, 7) is 4.73. The Morgan fingerprint density at radius 3 is 2.19 bits per heavy atom. The first-order valence-corrected chi connectivity index (χ1v) is 10.4. The Bertz CT molecular complexity index is 1100. The van der Waals surface area contributed by atoms with E-state index in [9.17, 15) is 18.3 Å². The Balaban J connectivity index is 1.49. The number of phenolic OH excluding ortho intramolecular Hbond substituents is 1. The molecule has 0 aliphatic carbocycles. The molecular weight excluding hydrogens is 417 g/mol. The maximum atomic E-state index is 14.8. The van der Waals surface area contributed by atoms with Gasteiger partial charge in [0.1, 0.15) is 5.82 Å². The molecular formula is C26H23F3O3. The Morgan fingerprint density at radius 2 is 1.53 bits per heavy atom. The average molecular weight is 440 g/mol. The Morgan fingerprint density at radius 1 is 0.875 bits per heavy atom. The Labute approximate surface area is 184 Å². The largest absolute Gasteiger partial charge is 0.505 e. The number of allylic oxidation sites excluding steroid dienone is 1. The van der Waals surface area contributed by atoms with Crippen molar-refractivity contribution in [2.75, 3.05) is 13.2 Å². The van der Waals surface area contributed by atoms with Crippen LogP contribution in [0.15, 0.2) is 67.3 Å². The highest BCUT2D eigenvalue weighted by Crippen LogP contribution is 2.33. The number of rotatable bonds is 6. The zero-order valence-corrected chi connectivity index (χ0v) is 17.4. The molecule has 1 N–H and O–H groups in total. The fraction of sp³-hybridized carbons (Fsp3) is 0.231. The van der Waals surface area contributed by atoms with Crippen molar-refractivity contribution in [3.8, 4) is 28.0 Å². The van der Waals surface area contributed by atoms with E-state index in [0.717, 1.165) is 18.9 Å². The summed E-state index contributed by atoms with van der Waals surface area (Å²) in [4.78, 5) is 0. The smallest absolute Gasteiger partial charge is 0.200 e. The molecule has 4 rings (SSSR count). The van der Waals surface area contributed by atoms with Crippen LogP contribution in [0.3, 0.4) is 0 Å². The van der Waals surface area contributed by atoms with Gasteiger partial charge in [0, 0.05) is 17.0 Å². The van der Waals surface area contributed by atoms with Crippen LogP contribution in [0, 0.1) is 23.4 Å². The number of hydrogen-bond acceptors (Lipinski definition) is 3. The average Bonchev–Trinajstić information content (AvgIpc) is 2.82. The second-order valence-corrected chi connectivity index (χ2v) is 7.80. The summed E-state index contributed by atoms with van der Waals surface area (Å²) in [5.74, 6) is -3.31. The lowest BCUT2D eigenvalue weighted by Crippen LogP contribution is -2.27. The predicted octanol–water partition coefficient (Wildman–Crippen LogP) is 6.77. The number of halogens is 3. The molecule has 1 heterocycles. The lowest BCUT2D eigenvalue weighted by molar-refractivity contribution is -0.207. The third-order valence-electron chi connectivity index (χ3n) is 5.59. The first-order chi connectivity index (χ1) is 15.5. The third kappa shape index (κ3) is 4.56. The zero-order valence-electron chi connectivity index (χ0n) is 17.4. The van der Waals surface area contributed by atoms with Gasteiger partial charge in [-0.2, -0.15) is 4.39 Å². The van der Waals surface area contributed by atoms with Gasteiger partial charge in [-0.15, -0.1) is 6.58 Å². The molecule has 0 saturated carbocycles. The highest BCUT2D eigenvalue weighted by atomic mass is 19.2. The monoisotopic (exact) mass is 440 g/mol. The van der Waals surface area contributed by atoms with E-state index in [1.807, 2.05) is 6.08 Å². The van der Waals surface area contributed by atoms with Gasteiger partial charge < -0.3 is 14.6 Å². The lowest BCUT2D eigenvalue weighted by Gasteiger charge is -2.29. The van der Waals surface area contributed by atoms with Crippen LogP contribution >= 0.6 is 0 Å². The van der Waals surface area contributed by atoms with E-state index >= 15 is 0 Å².